The van der Waals surface area contributed by atoms with E-state index >= 15 is 0 Å². The molecule has 2 heteroatoms. The Bertz CT molecular complexity index is 225. The summed E-state index contributed by atoms with van der Waals surface area (Å²) in [4.78, 5) is 2.66. The lowest BCUT2D eigenvalue weighted by atomic mass is 9.83. The van der Waals surface area contributed by atoms with Gasteiger partial charge in [-0.1, -0.05) is 38.7 Å². The summed E-state index contributed by atoms with van der Waals surface area (Å²) in [7, 11) is 2.05. The highest BCUT2D eigenvalue weighted by atomic mass is 15.1. The van der Waals surface area contributed by atoms with E-state index < -0.39 is 0 Å². The third-order valence-electron chi connectivity index (χ3n) is 4.54. The van der Waals surface area contributed by atoms with Gasteiger partial charge in [0.05, 0.1) is 0 Å². The van der Waals surface area contributed by atoms with Crippen molar-refractivity contribution >= 4 is 0 Å². The van der Waals surface area contributed by atoms with Crippen molar-refractivity contribution in [3.05, 3.63) is 12.7 Å². The molecule has 1 heterocycles. The third kappa shape index (κ3) is 6.58. The van der Waals surface area contributed by atoms with E-state index in [1.54, 1.807) is 0 Å². The highest BCUT2D eigenvalue weighted by Crippen LogP contribution is 2.27. The summed E-state index contributed by atoms with van der Waals surface area (Å²) in [6.45, 7) is 11.3. The highest BCUT2D eigenvalue weighted by Gasteiger charge is 2.26. The maximum atomic E-state index is 4.05. The first-order valence-corrected chi connectivity index (χ1v) is 8.31. The van der Waals surface area contributed by atoms with Crippen LogP contribution >= 0.6 is 0 Å². The van der Waals surface area contributed by atoms with Gasteiger partial charge >= 0.3 is 0 Å². The molecule has 1 saturated heterocycles. The number of piperidine rings is 1. The molecule has 0 radical (unpaired) electrons. The first-order chi connectivity index (χ1) is 9.31. The Hall–Kier alpha value is -0.340. The molecule has 1 aliphatic rings. The van der Waals surface area contributed by atoms with Crippen molar-refractivity contribution in [1.82, 2.24) is 10.2 Å². The molecule has 0 aromatic carbocycles. The van der Waals surface area contributed by atoms with Gasteiger partial charge in [-0.05, 0) is 57.8 Å². The third-order valence-corrected chi connectivity index (χ3v) is 4.54. The smallest absolute Gasteiger partial charge is 0.00469 e. The number of nitrogens with one attached hydrogen (secondary N) is 1. The summed E-state index contributed by atoms with van der Waals surface area (Å²) >= 11 is 0. The molecule has 0 aliphatic carbocycles. The second-order valence-corrected chi connectivity index (χ2v) is 6.06. The average Bonchev–Trinajstić information content (AvgIpc) is 2.45. The fourth-order valence-corrected chi connectivity index (χ4v) is 3.20. The van der Waals surface area contributed by atoms with E-state index in [1.807, 2.05) is 7.05 Å². The van der Waals surface area contributed by atoms with Gasteiger partial charge in [-0.3, -0.25) is 0 Å². The molecule has 112 valence electrons. The number of hydrogen-bond donors (Lipinski definition) is 1. The van der Waals surface area contributed by atoms with Gasteiger partial charge in [-0.25, -0.2) is 0 Å². The number of nitrogens with zero attached hydrogens (tertiary/aromatic N) is 1. The van der Waals surface area contributed by atoms with Crippen LogP contribution in [0.3, 0.4) is 0 Å². The van der Waals surface area contributed by atoms with Crippen molar-refractivity contribution in [2.24, 2.45) is 11.8 Å². The normalized spacial score (nSPS) is 24.5. The molecule has 2 nitrogen and oxygen atoms in total. The molecule has 0 unspecified atom stereocenters. The molecule has 0 saturated carbocycles. The zero-order valence-electron chi connectivity index (χ0n) is 13.2. The van der Waals surface area contributed by atoms with E-state index in [9.17, 15) is 0 Å². The van der Waals surface area contributed by atoms with Crippen molar-refractivity contribution in [1.29, 1.82) is 0 Å². The minimum absolute atomic E-state index is 0.706. The summed E-state index contributed by atoms with van der Waals surface area (Å²) in [5.41, 5.74) is 0. The standard InChI is InChI=1S/C17H34N2/c1-4-6-7-8-9-13-19-14-11-17(10-12-18-3)16(5-2)15-19/h5,16-18H,2,4,6-15H2,1,3H3/t16-,17-/m0/s1. The lowest BCUT2D eigenvalue weighted by Crippen LogP contribution is -2.40. The predicted molar refractivity (Wildman–Crippen MR) is 85.5 cm³/mol. The first kappa shape index (κ1) is 16.7. The Morgan fingerprint density at radius 3 is 2.74 bits per heavy atom. The molecular formula is C17H34N2. The van der Waals surface area contributed by atoms with Crippen LogP contribution in [0.25, 0.3) is 0 Å². The Morgan fingerprint density at radius 2 is 2.05 bits per heavy atom. The van der Waals surface area contributed by atoms with Crippen LogP contribution in [-0.2, 0) is 0 Å². The minimum atomic E-state index is 0.706. The van der Waals surface area contributed by atoms with Crippen LogP contribution in [0.2, 0.25) is 0 Å². The Morgan fingerprint density at radius 1 is 1.26 bits per heavy atom. The maximum absolute atomic E-state index is 4.05. The van der Waals surface area contributed by atoms with Gasteiger partial charge in [0.25, 0.3) is 0 Å². The maximum Gasteiger partial charge on any atom is 0.00469 e. The van der Waals surface area contributed by atoms with Crippen LogP contribution in [0.15, 0.2) is 12.7 Å². The molecule has 19 heavy (non-hydrogen) atoms. The molecule has 2 atom stereocenters. The van der Waals surface area contributed by atoms with Crippen LogP contribution < -0.4 is 5.32 Å². The second kappa shape index (κ2) is 10.4. The second-order valence-electron chi connectivity index (χ2n) is 6.06. The fraction of sp³-hybridized carbons (Fsp3) is 0.882. The van der Waals surface area contributed by atoms with E-state index in [-0.39, 0.29) is 0 Å². The van der Waals surface area contributed by atoms with Gasteiger partial charge in [0.15, 0.2) is 0 Å². The zero-order valence-corrected chi connectivity index (χ0v) is 13.2. The van der Waals surface area contributed by atoms with Crippen molar-refractivity contribution in [3.8, 4) is 0 Å². The number of likely N-dealkylation sites (tertiary alicyclic amines) is 1. The van der Waals surface area contributed by atoms with Gasteiger partial charge < -0.3 is 10.2 Å². The summed E-state index contributed by atoms with van der Waals surface area (Å²) in [5.74, 6) is 1.55. The minimum Gasteiger partial charge on any atom is -0.320 e. The van der Waals surface area contributed by atoms with Crippen LogP contribution in [0.4, 0.5) is 0 Å². The quantitative estimate of drug-likeness (QED) is 0.479. The van der Waals surface area contributed by atoms with Crippen LogP contribution in [-0.4, -0.2) is 38.1 Å². The molecule has 0 aromatic heterocycles. The van der Waals surface area contributed by atoms with E-state index in [0.29, 0.717) is 5.92 Å². The molecule has 1 rings (SSSR count). The summed E-state index contributed by atoms with van der Waals surface area (Å²) in [5, 5.41) is 3.28. The Labute approximate surface area is 120 Å². The van der Waals surface area contributed by atoms with E-state index in [4.69, 9.17) is 0 Å². The SMILES string of the molecule is C=C[C@H]1CN(CCCCCCC)CC[C@@H]1CCNC. The number of unbranched alkanes of at least 4 members (excludes halogenated alkanes) is 4. The van der Waals surface area contributed by atoms with Gasteiger partial charge in [-0.15, -0.1) is 6.58 Å². The zero-order chi connectivity index (χ0) is 13.9. The summed E-state index contributed by atoms with van der Waals surface area (Å²) < 4.78 is 0. The van der Waals surface area contributed by atoms with E-state index in [2.05, 4.69) is 29.8 Å². The van der Waals surface area contributed by atoms with E-state index in [0.717, 1.165) is 12.5 Å². The van der Waals surface area contributed by atoms with Crippen LogP contribution in [0, 0.1) is 11.8 Å². The molecule has 0 aromatic rings. The van der Waals surface area contributed by atoms with E-state index in [1.165, 1.54) is 64.6 Å². The van der Waals surface area contributed by atoms with Gasteiger partial charge in [0.1, 0.15) is 0 Å². The topological polar surface area (TPSA) is 15.3 Å². The van der Waals surface area contributed by atoms with Crippen molar-refractivity contribution in [3.63, 3.8) is 0 Å². The molecule has 0 spiro atoms. The first-order valence-electron chi connectivity index (χ1n) is 8.31. The highest BCUT2D eigenvalue weighted by molar-refractivity contribution is 4.91. The van der Waals surface area contributed by atoms with Gasteiger partial charge in [-0.2, -0.15) is 0 Å². The molecule has 1 aliphatic heterocycles. The summed E-state index contributed by atoms with van der Waals surface area (Å²) in [6.07, 6.45) is 11.8. The summed E-state index contributed by atoms with van der Waals surface area (Å²) in [6, 6.07) is 0. The largest absolute Gasteiger partial charge is 0.320 e. The van der Waals surface area contributed by atoms with Crippen LogP contribution in [0.5, 0.6) is 0 Å². The molecular weight excluding hydrogens is 232 g/mol. The van der Waals surface area contributed by atoms with Crippen molar-refractivity contribution in [2.75, 3.05) is 33.2 Å². The fourth-order valence-electron chi connectivity index (χ4n) is 3.20. The molecule has 0 bridgehead atoms. The molecule has 1 fully saturated rings. The van der Waals surface area contributed by atoms with Crippen LogP contribution in [0.1, 0.15) is 51.9 Å². The molecule has 0 amide bonds. The lowest BCUT2D eigenvalue weighted by Gasteiger charge is -2.37. The number of hydrogen-bond acceptors (Lipinski definition) is 2. The lowest BCUT2D eigenvalue weighted by molar-refractivity contribution is 0.137. The van der Waals surface area contributed by atoms with Crippen molar-refractivity contribution < 1.29 is 0 Å². The predicted octanol–water partition coefficient (Wildman–Crippen LogP) is 3.69. The monoisotopic (exact) mass is 266 g/mol. The number of rotatable bonds is 10. The Balaban J connectivity index is 2.19. The Kier molecular flexibility index (Phi) is 9.19. The van der Waals surface area contributed by atoms with Gasteiger partial charge in [0.2, 0.25) is 0 Å². The average molecular weight is 266 g/mol. The van der Waals surface area contributed by atoms with Gasteiger partial charge in [0, 0.05) is 6.54 Å². The molecule has 1 N–H and O–H groups in total. The van der Waals surface area contributed by atoms with Crippen molar-refractivity contribution in [2.45, 2.75) is 51.9 Å².